The van der Waals surface area contributed by atoms with E-state index in [0.29, 0.717) is 0 Å². The molecule has 0 nitrogen and oxygen atoms in total. The average molecular weight is 294 g/mol. The second kappa shape index (κ2) is 4.27. The highest BCUT2D eigenvalue weighted by atomic mass is 127. The molecule has 0 aromatic heterocycles. The number of halogens is 1. The van der Waals surface area contributed by atoms with Gasteiger partial charge in [0.1, 0.15) is 0 Å². The van der Waals surface area contributed by atoms with Gasteiger partial charge in [0, 0.05) is 12.0 Å². The van der Waals surface area contributed by atoms with E-state index < -0.39 is 8.07 Å². The molecule has 12 heavy (non-hydrogen) atoms. The summed E-state index contributed by atoms with van der Waals surface area (Å²) in [5, 5.41) is 0. The third-order valence-electron chi connectivity index (χ3n) is 2.20. The second-order valence-electron chi connectivity index (χ2n) is 4.97. The summed E-state index contributed by atoms with van der Waals surface area (Å²) >= 11 is 2.57. The number of hydrogen-bond acceptors (Lipinski definition) is 0. The van der Waals surface area contributed by atoms with Gasteiger partial charge in [-0.1, -0.05) is 53.9 Å². The normalized spacial score (nSPS) is 25.3. The van der Waals surface area contributed by atoms with E-state index in [9.17, 15) is 0 Å². The van der Waals surface area contributed by atoms with E-state index in [1.807, 2.05) is 0 Å². The first kappa shape index (κ1) is 10.8. The first-order valence-corrected chi connectivity index (χ1v) is 9.75. The van der Waals surface area contributed by atoms with Crippen LogP contribution in [-0.4, -0.2) is 12.0 Å². The number of hydrogen-bond donors (Lipinski definition) is 0. The fourth-order valence-corrected chi connectivity index (χ4v) is 3.95. The van der Waals surface area contributed by atoms with Crippen LogP contribution >= 0.6 is 22.6 Å². The second-order valence-corrected chi connectivity index (χ2v) is 12.2. The van der Waals surface area contributed by atoms with Crippen LogP contribution in [-0.2, 0) is 0 Å². The lowest BCUT2D eigenvalue weighted by Crippen LogP contribution is -2.21. The van der Waals surface area contributed by atoms with E-state index in [2.05, 4.69) is 48.3 Å². The molecule has 0 aromatic carbocycles. The molecule has 1 unspecified atom stereocenters. The summed E-state index contributed by atoms with van der Waals surface area (Å²) in [6.45, 7) is 7.39. The van der Waals surface area contributed by atoms with E-state index in [1.54, 1.807) is 5.57 Å². The maximum absolute atomic E-state index is 2.57. The lowest BCUT2D eigenvalue weighted by molar-refractivity contribution is 0.736. The molecule has 0 amide bonds. The van der Waals surface area contributed by atoms with Crippen LogP contribution < -0.4 is 0 Å². The summed E-state index contributed by atoms with van der Waals surface area (Å²) < 4.78 is 0.910. The molecule has 0 bridgehead atoms. The first-order chi connectivity index (χ1) is 5.47. The van der Waals surface area contributed by atoms with Crippen molar-refractivity contribution < 1.29 is 0 Å². The molecule has 1 aliphatic rings. The van der Waals surface area contributed by atoms with E-state index in [-0.39, 0.29) is 0 Å². The summed E-state index contributed by atoms with van der Waals surface area (Å²) in [6, 6.07) is 1.43. The van der Waals surface area contributed by atoms with Crippen molar-refractivity contribution in [3.05, 3.63) is 11.6 Å². The highest BCUT2D eigenvalue weighted by Crippen LogP contribution is 2.29. The van der Waals surface area contributed by atoms with Gasteiger partial charge in [0.25, 0.3) is 0 Å². The van der Waals surface area contributed by atoms with E-state index in [4.69, 9.17) is 0 Å². The molecule has 0 aromatic rings. The monoisotopic (exact) mass is 294 g/mol. The molecule has 2 heteroatoms. The lowest BCUT2D eigenvalue weighted by Gasteiger charge is -2.22. The Hall–Kier alpha value is 0.687. The Kier molecular flexibility index (Phi) is 3.83. The molecular formula is C10H19ISi. The smallest absolute Gasteiger partial charge is 0.0483 e. The van der Waals surface area contributed by atoms with Gasteiger partial charge in [-0.15, -0.1) is 0 Å². The van der Waals surface area contributed by atoms with Gasteiger partial charge >= 0.3 is 0 Å². The Labute approximate surface area is 91.0 Å². The molecule has 70 valence electrons. The molecule has 0 saturated heterocycles. The quantitative estimate of drug-likeness (QED) is 0.309. The maximum atomic E-state index is 2.57. The Balaban J connectivity index is 2.44. The van der Waals surface area contributed by atoms with E-state index in [1.165, 1.54) is 25.3 Å². The Morgan fingerprint density at radius 2 is 2.17 bits per heavy atom. The van der Waals surface area contributed by atoms with Crippen LogP contribution in [0.4, 0.5) is 0 Å². The van der Waals surface area contributed by atoms with Gasteiger partial charge in [-0.2, -0.15) is 0 Å². The molecule has 1 aliphatic carbocycles. The summed E-state index contributed by atoms with van der Waals surface area (Å²) in [7, 11) is -0.837. The Bertz CT molecular complexity index is 179. The molecule has 1 atom stereocenters. The topological polar surface area (TPSA) is 0 Å². The molecular weight excluding hydrogens is 275 g/mol. The highest BCUT2D eigenvalue weighted by molar-refractivity contribution is 14.1. The van der Waals surface area contributed by atoms with Crippen molar-refractivity contribution in [1.29, 1.82) is 0 Å². The van der Waals surface area contributed by atoms with Gasteiger partial charge in [-0.25, -0.2) is 0 Å². The fourth-order valence-electron chi connectivity index (χ4n) is 1.70. The molecule has 0 spiro atoms. The molecule has 0 radical (unpaired) electrons. The van der Waals surface area contributed by atoms with Crippen LogP contribution in [0.3, 0.4) is 0 Å². The first-order valence-electron chi connectivity index (χ1n) is 4.79. The predicted molar refractivity (Wildman–Crippen MR) is 67.9 cm³/mol. The van der Waals surface area contributed by atoms with Crippen LogP contribution in [0.15, 0.2) is 11.6 Å². The molecule has 0 fully saturated rings. The van der Waals surface area contributed by atoms with Crippen LogP contribution in [0.1, 0.15) is 19.3 Å². The van der Waals surface area contributed by atoms with Crippen LogP contribution in [0.2, 0.25) is 25.7 Å². The van der Waals surface area contributed by atoms with Crippen LogP contribution in [0, 0.1) is 0 Å². The third kappa shape index (κ3) is 4.08. The zero-order valence-corrected chi connectivity index (χ0v) is 11.5. The van der Waals surface area contributed by atoms with Crippen LogP contribution in [0.5, 0.6) is 0 Å². The summed E-state index contributed by atoms with van der Waals surface area (Å²) in [5.41, 5.74) is 1.75. The van der Waals surface area contributed by atoms with Gasteiger partial charge in [-0.05, 0) is 25.3 Å². The average Bonchev–Trinajstić information content (AvgIpc) is 1.91. The van der Waals surface area contributed by atoms with Crippen molar-refractivity contribution in [2.24, 2.45) is 0 Å². The van der Waals surface area contributed by atoms with Crippen molar-refractivity contribution in [3.63, 3.8) is 0 Å². The summed E-state index contributed by atoms with van der Waals surface area (Å²) in [5.74, 6) is 0. The molecule has 0 heterocycles. The molecule has 0 aliphatic heterocycles. The summed E-state index contributed by atoms with van der Waals surface area (Å²) in [6.07, 6.45) is 6.61. The van der Waals surface area contributed by atoms with Crippen molar-refractivity contribution in [2.45, 2.75) is 48.9 Å². The standard InChI is InChI=1S/C10H19ISi/c1-12(2,3)8-9-4-6-10(11)7-5-9/h4,10H,5-8H2,1-3H3. The van der Waals surface area contributed by atoms with Gasteiger partial charge in [-0.3, -0.25) is 0 Å². The minimum absolute atomic E-state index is 0.837. The fraction of sp³-hybridized carbons (Fsp3) is 0.800. The van der Waals surface area contributed by atoms with E-state index >= 15 is 0 Å². The minimum Gasteiger partial charge on any atom is -0.0846 e. The largest absolute Gasteiger partial charge is 0.0846 e. The number of rotatable bonds is 2. The predicted octanol–water partition coefficient (Wildman–Crippen LogP) is 4.24. The van der Waals surface area contributed by atoms with Gasteiger partial charge < -0.3 is 0 Å². The maximum Gasteiger partial charge on any atom is 0.0483 e. The zero-order chi connectivity index (χ0) is 9.19. The molecule has 0 N–H and O–H groups in total. The Morgan fingerprint density at radius 1 is 1.50 bits per heavy atom. The van der Waals surface area contributed by atoms with Crippen molar-refractivity contribution in [1.82, 2.24) is 0 Å². The molecule has 1 rings (SSSR count). The van der Waals surface area contributed by atoms with Crippen LogP contribution in [0.25, 0.3) is 0 Å². The van der Waals surface area contributed by atoms with Gasteiger partial charge in [0.2, 0.25) is 0 Å². The van der Waals surface area contributed by atoms with Gasteiger partial charge in [0.15, 0.2) is 0 Å². The minimum atomic E-state index is -0.837. The Morgan fingerprint density at radius 3 is 2.58 bits per heavy atom. The van der Waals surface area contributed by atoms with Gasteiger partial charge in [0.05, 0.1) is 0 Å². The van der Waals surface area contributed by atoms with Crippen molar-refractivity contribution in [3.8, 4) is 0 Å². The summed E-state index contributed by atoms with van der Waals surface area (Å²) in [4.78, 5) is 0. The third-order valence-corrected chi connectivity index (χ3v) is 4.84. The zero-order valence-electron chi connectivity index (χ0n) is 8.36. The van der Waals surface area contributed by atoms with E-state index in [0.717, 1.165) is 3.92 Å². The highest BCUT2D eigenvalue weighted by Gasteiger charge is 2.18. The SMILES string of the molecule is C[Si](C)(C)CC1=CCC(I)CC1. The lowest BCUT2D eigenvalue weighted by atomic mass is 10.0. The van der Waals surface area contributed by atoms with Crippen molar-refractivity contribution >= 4 is 30.7 Å². The number of alkyl halides is 1. The van der Waals surface area contributed by atoms with Crippen molar-refractivity contribution in [2.75, 3.05) is 0 Å². The molecule has 0 saturated carbocycles. The number of allylic oxidation sites excluding steroid dienone is 2.